The van der Waals surface area contributed by atoms with E-state index in [-0.39, 0.29) is 12.3 Å². The molecule has 4 rings (SSSR count). The van der Waals surface area contributed by atoms with Crippen LogP contribution in [0.1, 0.15) is 22.4 Å². The molecule has 0 radical (unpaired) electrons. The van der Waals surface area contributed by atoms with Gasteiger partial charge >= 0.3 is 0 Å². The van der Waals surface area contributed by atoms with E-state index >= 15 is 0 Å². The van der Waals surface area contributed by atoms with Gasteiger partial charge in [-0.05, 0) is 36.2 Å². The highest BCUT2D eigenvalue weighted by Crippen LogP contribution is 2.28. The number of hydrogen-bond donors (Lipinski definition) is 1. The number of amides is 1. The number of hydrazone groups is 1. The molecule has 0 saturated heterocycles. The standard InChI is InChI=1S/C27H27N3O3/c1-19-23(17-28-29-27(31)16-21-13-14-25(32-2)26(15-21)33-3)22-11-7-8-12-24(22)30(19)18-20-9-5-4-6-10-20/h4-15,17H,16,18H2,1-3H3,(H,29,31)/b28-17+. The number of benzene rings is 3. The number of nitrogens with one attached hydrogen (secondary N) is 1. The van der Waals surface area contributed by atoms with Crippen molar-refractivity contribution in [1.29, 1.82) is 0 Å². The Labute approximate surface area is 193 Å². The van der Waals surface area contributed by atoms with Crippen LogP contribution in [0, 0.1) is 6.92 Å². The lowest BCUT2D eigenvalue weighted by Gasteiger charge is -2.09. The molecule has 6 heteroatoms. The van der Waals surface area contributed by atoms with Crippen molar-refractivity contribution in [3.63, 3.8) is 0 Å². The molecule has 1 amide bonds. The number of nitrogens with zero attached hydrogens (tertiary/aromatic N) is 2. The van der Waals surface area contributed by atoms with Gasteiger partial charge in [0.15, 0.2) is 11.5 Å². The average Bonchev–Trinajstić information content (AvgIpc) is 3.10. The van der Waals surface area contributed by atoms with Crippen LogP contribution in [0.5, 0.6) is 11.5 Å². The Balaban J connectivity index is 1.51. The molecule has 0 unspecified atom stereocenters. The Morgan fingerprint density at radius 1 is 0.939 bits per heavy atom. The minimum absolute atomic E-state index is 0.187. The minimum Gasteiger partial charge on any atom is -0.493 e. The molecule has 6 nitrogen and oxygen atoms in total. The summed E-state index contributed by atoms with van der Waals surface area (Å²) in [5, 5.41) is 5.35. The van der Waals surface area contributed by atoms with Crippen LogP contribution < -0.4 is 14.9 Å². The number of hydrogen-bond acceptors (Lipinski definition) is 4. The Bertz CT molecular complexity index is 1290. The number of ether oxygens (including phenoxy) is 2. The van der Waals surface area contributed by atoms with Crippen LogP contribution in [0.2, 0.25) is 0 Å². The largest absolute Gasteiger partial charge is 0.493 e. The van der Waals surface area contributed by atoms with Crippen LogP contribution in [-0.4, -0.2) is 30.9 Å². The zero-order valence-electron chi connectivity index (χ0n) is 19.0. The van der Waals surface area contributed by atoms with Gasteiger partial charge in [-0.1, -0.05) is 54.6 Å². The lowest BCUT2D eigenvalue weighted by molar-refractivity contribution is -0.120. The molecule has 4 aromatic rings. The summed E-state index contributed by atoms with van der Waals surface area (Å²) in [7, 11) is 3.15. The topological polar surface area (TPSA) is 64.8 Å². The second-order valence-corrected chi connectivity index (χ2v) is 7.75. The SMILES string of the molecule is COc1ccc(CC(=O)N/N=C/c2c(C)n(Cc3ccccc3)c3ccccc23)cc1OC. The van der Waals surface area contributed by atoms with Gasteiger partial charge in [-0.2, -0.15) is 5.10 Å². The third kappa shape index (κ3) is 4.90. The van der Waals surface area contributed by atoms with Gasteiger partial charge in [0.25, 0.3) is 0 Å². The summed E-state index contributed by atoms with van der Waals surface area (Å²) in [6, 6.07) is 24.0. The molecule has 0 fully saturated rings. The maximum atomic E-state index is 12.4. The Morgan fingerprint density at radius 2 is 1.67 bits per heavy atom. The smallest absolute Gasteiger partial charge is 0.244 e. The first kappa shape index (κ1) is 22.1. The highest BCUT2D eigenvalue weighted by molar-refractivity contribution is 6.01. The third-order valence-electron chi connectivity index (χ3n) is 5.66. The molecule has 0 aliphatic carbocycles. The van der Waals surface area contributed by atoms with Crippen molar-refractivity contribution in [2.45, 2.75) is 19.9 Å². The molecule has 0 aliphatic rings. The van der Waals surface area contributed by atoms with Crippen LogP contribution in [0.25, 0.3) is 10.9 Å². The number of carbonyl (C=O) groups excluding carboxylic acids is 1. The van der Waals surface area contributed by atoms with E-state index in [4.69, 9.17) is 9.47 Å². The fourth-order valence-electron chi connectivity index (χ4n) is 3.97. The van der Waals surface area contributed by atoms with Crippen LogP contribution in [0.3, 0.4) is 0 Å². The number of aromatic nitrogens is 1. The number of fused-ring (bicyclic) bond motifs is 1. The number of carbonyl (C=O) groups is 1. The summed E-state index contributed by atoms with van der Waals surface area (Å²) in [4.78, 5) is 12.4. The Hall–Kier alpha value is -4.06. The van der Waals surface area contributed by atoms with Gasteiger partial charge in [0, 0.05) is 28.7 Å². The summed E-state index contributed by atoms with van der Waals surface area (Å²) in [6.45, 7) is 2.85. The van der Waals surface area contributed by atoms with E-state index < -0.39 is 0 Å². The monoisotopic (exact) mass is 441 g/mol. The molecule has 1 heterocycles. The van der Waals surface area contributed by atoms with Crippen molar-refractivity contribution >= 4 is 23.0 Å². The summed E-state index contributed by atoms with van der Waals surface area (Å²) in [5.41, 5.74) is 7.92. The van der Waals surface area contributed by atoms with Gasteiger partial charge in [-0.15, -0.1) is 0 Å². The summed E-state index contributed by atoms with van der Waals surface area (Å²) in [6.07, 6.45) is 1.91. The second-order valence-electron chi connectivity index (χ2n) is 7.75. The zero-order valence-corrected chi connectivity index (χ0v) is 19.0. The molecule has 0 spiro atoms. The van der Waals surface area contributed by atoms with Crippen molar-refractivity contribution in [2.24, 2.45) is 5.10 Å². The summed E-state index contributed by atoms with van der Waals surface area (Å²) in [5.74, 6) is 1.01. The van der Waals surface area contributed by atoms with E-state index in [1.54, 1.807) is 32.6 Å². The minimum atomic E-state index is -0.204. The fraction of sp³-hybridized carbons (Fsp3) is 0.185. The van der Waals surface area contributed by atoms with Gasteiger partial charge in [0.2, 0.25) is 5.91 Å². The van der Waals surface area contributed by atoms with Gasteiger partial charge in [0.1, 0.15) is 0 Å². The number of para-hydroxylation sites is 1. The first-order chi connectivity index (χ1) is 16.1. The van der Waals surface area contributed by atoms with Crippen molar-refractivity contribution in [3.8, 4) is 11.5 Å². The number of rotatable bonds is 8. The van der Waals surface area contributed by atoms with Gasteiger partial charge in [-0.3, -0.25) is 4.79 Å². The van der Waals surface area contributed by atoms with Gasteiger partial charge < -0.3 is 14.0 Å². The first-order valence-corrected chi connectivity index (χ1v) is 10.7. The van der Waals surface area contributed by atoms with E-state index in [0.717, 1.165) is 34.3 Å². The maximum Gasteiger partial charge on any atom is 0.244 e. The van der Waals surface area contributed by atoms with Crippen LogP contribution in [0.15, 0.2) is 77.9 Å². The quantitative estimate of drug-likeness (QED) is 0.318. The molecule has 1 N–H and O–H groups in total. The van der Waals surface area contributed by atoms with E-state index in [9.17, 15) is 4.79 Å². The van der Waals surface area contributed by atoms with E-state index in [1.807, 2.05) is 36.4 Å². The molecule has 168 valence electrons. The molecule has 0 aliphatic heterocycles. The normalized spacial score (nSPS) is 11.1. The van der Waals surface area contributed by atoms with Gasteiger partial charge in [0.05, 0.1) is 26.9 Å². The van der Waals surface area contributed by atoms with Crippen molar-refractivity contribution in [3.05, 3.63) is 95.2 Å². The maximum absolute atomic E-state index is 12.4. The Kier molecular flexibility index (Phi) is 6.74. The molecule has 0 atom stereocenters. The molecule has 0 saturated carbocycles. The number of methoxy groups -OCH3 is 2. The summed E-state index contributed by atoms with van der Waals surface area (Å²) >= 11 is 0. The van der Waals surface area contributed by atoms with E-state index in [1.165, 1.54) is 5.56 Å². The average molecular weight is 442 g/mol. The molecule has 1 aromatic heterocycles. The van der Waals surface area contributed by atoms with Crippen LogP contribution in [0.4, 0.5) is 0 Å². The molecule has 3 aromatic carbocycles. The summed E-state index contributed by atoms with van der Waals surface area (Å²) < 4.78 is 12.8. The molecule has 0 bridgehead atoms. The lowest BCUT2D eigenvalue weighted by Crippen LogP contribution is -2.19. The fourth-order valence-corrected chi connectivity index (χ4v) is 3.97. The zero-order chi connectivity index (χ0) is 23.2. The predicted octanol–water partition coefficient (Wildman–Crippen LogP) is 4.71. The Morgan fingerprint density at radius 3 is 2.42 bits per heavy atom. The molecular formula is C27H27N3O3. The highest BCUT2D eigenvalue weighted by Gasteiger charge is 2.13. The first-order valence-electron chi connectivity index (χ1n) is 10.7. The predicted molar refractivity (Wildman–Crippen MR) is 131 cm³/mol. The van der Waals surface area contributed by atoms with Crippen molar-refractivity contribution < 1.29 is 14.3 Å². The molecule has 33 heavy (non-hydrogen) atoms. The van der Waals surface area contributed by atoms with Crippen molar-refractivity contribution in [2.75, 3.05) is 14.2 Å². The van der Waals surface area contributed by atoms with E-state index in [2.05, 4.69) is 46.3 Å². The van der Waals surface area contributed by atoms with E-state index in [0.29, 0.717) is 11.5 Å². The second kappa shape index (κ2) is 10.0. The molecular weight excluding hydrogens is 414 g/mol. The van der Waals surface area contributed by atoms with Crippen molar-refractivity contribution in [1.82, 2.24) is 9.99 Å². The third-order valence-corrected chi connectivity index (χ3v) is 5.66. The van der Waals surface area contributed by atoms with Crippen LogP contribution in [-0.2, 0) is 17.8 Å². The van der Waals surface area contributed by atoms with Gasteiger partial charge in [-0.25, -0.2) is 5.43 Å². The van der Waals surface area contributed by atoms with Crippen LogP contribution >= 0.6 is 0 Å². The highest BCUT2D eigenvalue weighted by atomic mass is 16.5. The lowest BCUT2D eigenvalue weighted by atomic mass is 10.1.